The summed E-state index contributed by atoms with van der Waals surface area (Å²) in [5, 5.41) is 0. The van der Waals surface area contributed by atoms with Crippen LogP contribution in [0, 0.1) is 0 Å². The second-order valence-corrected chi connectivity index (χ2v) is 1.50. The molecule has 0 aliphatic heterocycles. The number of ether oxygens (including phenoxy) is 1. The number of hydrogen-bond donors (Lipinski definition) is 2. The fourth-order valence-corrected chi connectivity index (χ4v) is 0.204. The Labute approximate surface area is 55.5 Å². The summed E-state index contributed by atoms with van der Waals surface area (Å²) in [4.78, 5) is 14.0. The summed E-state index contributed by atoms with van der Waals surface area (Å²) in [6.45, 7) is 5.67. The van der Waals surface area contributed by atoms with E-state index < -0.39 is 8.69 Å². The number of hydrogen-bond acceptors (Lipinski definition) is 3. The summed E-state index contributed by atoms with van der Waals surface area (Å²) in [5.41, 5.74) is 0. The molecule has 0 rings (SSSR count). The van der Waals surface area contributed by atoms with Gasteiger partial charge in [0.25, 0.3) is 0 Å². The molecule has 9 heavy (non-hydrogen) atoms. The highest BCUT2D eigenvalue weighted by atomic mass is 31.2. The SMILES string of the molecule is CCOCC.OP(O)F. The first-order valence-electron chi connectivity index (χ1n) is 2.56. The topological polar surface area (TPSA) is 49.7 Å². The van der Waals surface area contributed by atoms with E-state index >= 15 is 0 Å². The maximum atomic E-state index is 10.2. The largest absolute Gasteiger partial charge is 0.382 e. The van der Waals surface area contributed by atoms with Gasteiger partial charge in [-0.05, 0) is 13.8 Å². The molecule has 0 bridgehead atoms. The van der Waals surface area contributed by atoms with Crippen molar-refractivity contribution < 1.29 is 18.7 Å². The van der Waals surface area contributed by atoms with Crippen molar-refractivity contribution in [1.82, 2.24) is 0 Å². The van der Waals surface area contributed by atoms with Gasteiger partial charge in [0.1, 0.15) is 0 Å². The number of rotatable bonds is 2. The maximum Gasteiger partial charge on any atom is 0.369 e. The van der Waals surface area contributed by atoms with Gasteiger partial charge in [-0.15, -0.1) is 0 Å². The lowest BCUT2D eigenvalue weighted by molar-refractivity contribution is 0.162. The third kappa shape index (κ3) is 63.9. The van der Waals surface area contributed by atoms with Gasteiger partial charge in [-0.3, -0.25) is 0 Å². The van der Waals surface area contributed by atoms with E-state index in [2.05, 4.69) is 0 Å². The Kier molecular flexibility index (Phi) is 14.8. The smallest absolute Gasteiger partial charge is 0.369 e. The standard InChI is InChI=1S/C4H10O.FH2O2P/c1-3-5-4-2;1-4(2)3/h3-4H2,1-2H3;2-3H. The van der Waals surface area contributed by atoms with Gasteiger partial charge in [0, 0.05) is 13.2 Å². The molecule has 0 aromatic heterocycles. The molecule has 0 aliphatic rings. The van der Waals surface area contributed by atoms with E-state index in [0.29, 0.717) is 0 Å². The lowest BCUT2D eigenvalue weighted by Gasteiger charge is -1.86. The van der Waals surface area contributed by atoms with Crippen LogP contribution in [-0.4, -0.2) is 23.0 Å². The predicted octanol–water partition coefficient (Wildman–Crippen LogP) is 1.21. The molecule has 0 radical (unpaired) electrons. The summed E-state index contributed by atoms with van der Waals surface area (Å²) in [6.07, 6.45) is 0. The fraction of sp³-hybridized carbons (Fsp3) is 1.00. The normalized spacial score (nSPS) is 8.67. The zero-order chi connectivity index (χ0) is 7.70. The Morgan fingerprint density at radius 1 is 1.33 bits per heavy atom. The van der Waals surface area contributed by atoms with Gasteiger partial charge in [-0.1, -0.05) is 0 Å². The van der Waals surface area contributed by atoms with Crippen molar-refractivity contribution in [3.05, 3.63) is 0 Å². The second-order valence-electron chi connectivity index (χ2n) is 1.02. The van der Waals surface area contributed by atoms with Crippen LogP contribution in [0.3, 0.4) is 0 Å². The molecule has 2 N–H and O–H groups in total. The Morgan fingerprint density at radius 2 is 1.56 bits per heavy atom. The molecule has 0 heterocycles. The highest BCUT2D eigenvalue weighted by molar-refractivity contribution is 7.38. The molecule has 0 aliphatic carbocycles. The quantitative estimate of drug-likeness (QED) is 0.594. The van der Waals surface area contributed by atoms with Gasteiger partial charge in [-0.25, -0.2) is 0 Å². The highest BCUT2D eigenvalue weighted by Gasteiger charge is 1.81. The van der Waals surface area contributed by atoms with Crippen molar-refractivity contribution in [1.29, 1.82) is 0 Å². The van der Waals surface area contributed by atoms with Crippen molar-refractivity contribution in [2.45, 2.75) is 13.8 Å². The molecule has 0 saturated carbocycles. The lowest BCUT2D eigenvalue weighted by Crippen LogP contribution is -1.84. The average Bonchev–Trinajstić information content (AvgIpc) is 1.66. The van der Waals surface area contributed by atoms with Crippen molar-refractivity contribution in [2.75, 3.05) is 13.2 Å². The highest BCUT2D eigenvalue weighted by Crippen LogP contribution is 2.22. The molecule has 0 aromatic carbocycles. The van der Waals surface area contributed by atoms with Crippen molar-refractivity contribution in [3.63, 3.8) is 0 Å². The molecule has 58 valence electrons. The van der Waals surface area contributed by atoms with Crippen LogP contribution in [0.4, 0.5) is 4.20 Å². The zero-order valence-electron chi connectivity index (χ0n) is 5.54. The van der Waals surface area contributed by atoms with Crippen molar-refractivity contribution in [3.8, 4) is 0 Å². The summed E-state index contributed by atoms with van der Waals surface area (Å²) >= 11 is 0. The van der Waals surface area contributed by atoms with Crippen LogP contribution in [0.2, 0.25) is 0 Å². The molecule has 0 unspecified atom stereocenters. The third-order valence-corrected chi connectivity index (χ3v) is 0.408. The van der Waals surface area contributed by atoms with E-state index in [4.69, 9.17) is 14.5 Å². The molecule has 5 heteroatoms. The Morgan fingerprint density at radius 3 is 1.56 bits per heavy atom. The molecule has 0 atom stereocenters. The average molecular weight is 158 g/mol. The summed E-state index contributed by atoms with van der Waals surface area (Å²) in [7, 11) is -3.12. The van der Waals surface area contributed by atoms with E-state index in [1.165, 1.54) is 0 Å². The van der Waals surface area contributed by atoms with Crippen LogP contribution in [0.1, 0.15) is 13.8 Å². The Hall–Kier alpha value is 0.240. The molecular formula is C4H12FO3P. The van der Waals surface area contributed by atoms with E-state index in [-0.39, 0.29) is 0 Å². The Bertz CT molecular complexity index is 40.0. The minimum atomic E-state index is -3.12. The van der Waals surface area contributed by atoms with Gasteiger partial charge in [0.05, 0.1) is 0 Å². The maximum absolute atomic E-state index is 10.2. The van der Waals surface area contributed by atoms with Crippen LogP contribution in [0.25, 0.3) is 0 Å². The summed E-state index contributed by atoms with van der Waals surface area (Å²) in [6, 6.07) is 0. The van der Waals surface area contributed by atoms with Crippen molar-refractivity contribution >= 4 is 8.69 Å². The van der Waals surface area contributed by atoms with Crippen molar-refractivity contribution in [2.24, 2.45) is 0 Å². The van der Waals surface area contributed by atoms with E-state index in [0.717, 1.165) is 13.2 Å². The first-order valence-corrected chi connectivity index (χ1v) is 3.70. The van der Waals surface area contributed by atoms with Crippen LogP contribution < -0.4 is 0 Å². The van der Waals surface area contributed by atoms with Crippen LogP contribution in [-0.2, 0) is 4.74 Å². The van der Waals surface area contributed by atoms with Crippen LogP contribution in [0.5, 0.6) is 0 Å². The fourth-order valence-electron chi connectivity index (χ4n) is 0.204. The third-order valence-electron chi connectivity index (χ3n) is 0.408. The van der Waals surface area contributed by atoms with E-state index in [9.17, 15) is 4.20 Å². The van der Waals surface area contributed by atoms with Gasteiger partial charge < -0.3 is 14.5 Å². The van der Waals surface area contributed by atoms with Crippen LogP contribution in [0.15, 0.2) is 0 Å². The molecule has 0 saturated heterocycles. The van der Waals surface area contributed by atoms with Gasteiger partial charge >= 0.3 is 8.69 Å². The zero-order valence-corrected chi connectivity index (χ0v) is 6.44. The summed E-state index contributed by atoms with van der Waals surface area (Å²) < 4.78 is 15.0. The lowest BCUT2D eigenvalue weighted by atomic mass is 10.8. The minimum absolute atomic E-state index is 0.844. The molecule has 0 aromatic rings. The number of halogens is 1. The predicted molar refractivity (Wildman–Crippen MR) is 34.6 cm³/mol. The van der Waals surface area contributed by atoms with Crippen LogP contribution >= 0.6 is 8.69 Å². The first kappa shape index (κ1) is 12.0. The van der Waals surface area contributed by atoms with Gasteiger partial charge in [0.15, 0.2) is 0 Å². The summed E-state index contributed by atoms with van der Waals surface area (Å²) in [5.74, 6) is 0. The molecule has 3 nitrogen and oxygen atoms in total. The Balaban J connectivity index is 0. The second kappa shape index (κ2) is 11.1. The van der Waals surface area contributed by atoms with E-state index in [1.807, 2.05) is 13.8 Å². The van der Waals surface area contributed by atoms with Gasteiger partial charge in [-0.2, -0.15) is 4.20 Å². The molecule has 0 amide bonds. The molecular weight excluding hydrogens is 146 g/mol. The van der Waals surface area contributed by atoms with E-state index in [1.54, 1.807) is 0 Å². The minimum Gasteiger partial charge on any atom is -0.382 e. The molecule has 0 spiro atoms. The van der Waals surface area contributed by atoms with Gasteiger partial charge in [0.2, 0.25) is 0 Å². The molecule has 0 fully saturated rings. The first-order chi connectivity index (χ1) is 4.15. The monoisotopic (exact) mass is 158 g/mol.